The van der Waals surface area contributed by atoms with E-state index >= 15 is 0 Å². The zero-order chi connectivity index (χ0) is 14.4. The molecule has 2 aliphatic rings. The minimum absolute atomic E-state index is 0.329. The van der Waals surface area contributed by atoms with Crippen molar-refractivity contribution in [1.29, 1.82) is 5.26 Å². The van der Waals surface area contributed by atoms with Crippen LogP contribution >= 0.6 is 0 Å². The Morgan fingerprint density at radius 3 is 2.75 bits per heavy atom. The molecule has 2 atom stereocenters. The first-order valence-electron chi connectivity index (χ1n) is 8.24. The highest BCUT2D eigenvalue weighted by Crippen LogP contribution is 2.40. The Morgan fingerprint density at radius 1 is 1.35 bits per heavy atom. The van der Waals surface area contributed by atoms with Crippen LogP contribution in [0.15, 0.2) is 0 Å². The largest absolute Gasteiger partial charge is 0.377 e. The summed E-state index contributed by atoms with van der Waals surface area (Å²) in [6, 6.07) is 2.61. The molecule has 0 radical (unpaired) electrons. The highest BCUT2D eigenvalue weighted by Gasteiger charge is 2.46. The van der Waals surface area contributed by atoms with E-state index in [1.54, 1.807) is 0 Å². The number of nitrogens with one attached hydrogen (secondary N) is 1. The number of rotatable bonds is 8. The van der Waals surface area contributed by atoms with Gasteiger partial charge in [-0.1, -0.05) is 6.92 Å². The Kier molecular flexibility index (Phi) is 5.83. The summed E-state index contributed by atoms with van der Waals surface area (Å²) in [5, 5.41) is 13.3. The summed E-state index contributed by atoms with van der Waals surface area (Å²) in [6.45, 7) is 8.90. The van der Waals surface area contributed by atoms with Gasteiger partial charge in [-0.2, -0.15) is 5.26 Å². The fraction of sp³-hybridized carbons (Fsp3) is 0.938. The van der Waals surface area contributed by atoms with Crippen LogP contribution in [0.5, 0.6) is 0 Å². The summed E-state index contributed by atoms with van der Waals surface area (Å²) in [5.74, 6) is 0.548. The summed E-state index contributed by atoms with van der Waals surface area (Å²) < 4.78 is 5.77. The van der Waals surface area contributed by atoms with Gasteiger partial charge in [0.1, 0.15) is 5.54 Å². The number of likely N-dealkylation sites (tertiary alicyclic amines) is 1. The molecule has 0 amide bonds. The Morgan fingerprint density at radius 2 is 2.15 bits per heavy atom. The van der Waals surface area contributed by atoms with Gasteiger partial charge >= 0.3 is 0 Å². The summed E-state index contributed by atoms with van der Waals surface area (Å²) in [5.41, 5.74) is -0.329. The lowest BCUT2D eigenvalue weighted by atomic mass is 9.92. The molecule has 2 unspecified atom stereocenters. The smallest absolute Gasteiger partial charge is 0.122 e. The standard InChI is InChI=1S/C16H29N3O/c1-3-9-18-16(12-17,14-7-8-14)13-19-10-5-6-15(11-19)20-4-2/h14-15,18H,3-11,13H2,1-2H3. The second-order valence-corrected chi connectivity index (χ2v) is 6.24. The zero-order valence-corrected chi connectivity index (χ0v) is 13.0. The minimum Gasteiger partial charge on any atom is -0.377 e. The Labute approximate surface area is 123 Å². The van der Waals surface area contributed by atoms with Gasteiger partial charge < -0.3 is 4.74 Å². The van der Waals surface area contributed by atoms with Gasteiger partial charge in [-0.05, 0) is 58.0 Å². The van der Waals surface area contributed by atoms with Crippen molar-refractivity contribution in [2.75, 3.05) is 32.8 Å². The van der Waals surface area contributed by atoms with Crippen molar-refractivity contribution < 1.29 is 4.74 Å². The van der Waals surface area contributed by atoms with Crippen LogP contribution in [0, 0.1) is 17.2 Å². The minimum atomic E-state index is -0.329. The van der Waals surface area contributed by atoms with E-state index in [0.717, 1.165) is 45.6 Å². The maximum absolute atomic E-state index is 9.74. The van der Waals surface area contributed by atoms with E-state index < -0.39 is 0 Å². The Bertz CT molecular complexity index is 335. The summed E-state index contributed by atoms with van der Waals surface area (Å²) in [4.78, 5) is 2.44. The van der Waals surface area contributed by atoms with Crippen LogP contribution in [-0.4, -0.2) is 49.3 Å². The second kappa shape index (κ2) is 7.40. The van der Waals surface area contributed by atoms with Gasteiger partial charge in [-0.25, -0.2) is 0 Å². The first-order valence-corrected chi connectivity index (χ1v) is 8.24. The Balaban J connectivity index is 1.94. The molecule has 1 heterocycles. The molecule has 2 rings (SSSR count). The Hall–Kier alpha value is -0.630. The van der Waals surface area contributed by atoms with E-state index in [2.05, 4.69) is 30.1 Å². The van der Waals surface area contributed by atoms with Crippen molar-refractivity contribution in [1.82, 2.24) is 10.2 Å². The van der Waals surface area contributed by atoms with Gasteiger partial charge in [0.25, 0.3) is 0 Å². The molecule has 0 aromatic carbocycles. The number of nitrogens with zero attached hydrogens (tertiary/aromatic N) is 2. The van der Waals surface area contributed by atoms with Gasteiger partial charge in [-0.15, -0.1) is 0 Å². The highest BCUT2D eigenvalue weighted by molar-refractivity contribution is 5.16. The lowest BCUT2D eigenvalue weighted by molar-refractivity contribution is -0.000294. The first kappa shape index (κ1) is 15.8. The van der Waals surface area contributed by atoms with E-state index in [4.69, 9.17) is 4.74 Å². The third-order valence-electron chi connectivity index (χ3n) is 4.50. The molecular weight excluding hydrogens is 250 g/mol. The summed E-state index contributed by atoms with van der Waals surface area (Å²) in [6.07, 6.45) is 6.19. The monoisotopic (exact) mass is 279 g/mol. The molecular formula is C16H29N3O. The fourth-order valence-electron chi connectivity index (χ4n) is 3.30. The van der Waals surface area contributed by atoms with Crippen molar-refractivity contribution in [2.24, 2.45) is 5.92 Å². The van der Waals surface area contributed by atoms with Crippen LogP contribution in [0.2, 0.25) is 0 Å². The number of piperidine rings is 1. The van der Waals surface area contributed by atoms with Crippen LogP contribution in [0.3, 0.4) is 0 Å². The number of ether oxygens (including phenoxy) is 1. The molecule has 4 nitrogen and oxygen atoms in total. The summed E-state index contributed by atoms with van der Waals surface area (Å²) in [7, 11) is 0. The van der Waals surface area contributed by atoms with Crippen molar-refractivity contribution in [3.8, 4) is 6.07 Å². The maximum Gasteiger partial charge on any atom is 0.122 e. The normalized spacial score (nSPS) is 26.9. The van der Waals surface area contributed by atoms with Crippen molar-refractivity contribution >= 4 is 0 Å². The van der Waals surface area contributed by atoms with Gasteiger partial charge in [0, 0.05) is 19.7 Å². The third-order valence-corrected chi connectivity index (χ3v) is 4.50. The van der Waals surface area contributed by atoms with Crippen LogP contribution in [0.25, 0.3) is 0 Å². The predicted molar refractivity (Wildman–Crippen MR) is 80.4 cm³/mol. The maximum atomic E-state index is 9.74. The van der Waals surface area contributed by atoms with Crippen LogP contribution in [-0.2, 0) is 4.74 Å². The van der Waals surface area contributed by atoms with E-state index in [-0.39, 0.29) is 5.54 Å². The predicted octanol–water partition coefficient (Wildman–Crippen LogP) is 2.16. The average Bonchev–Trinajstić information content (AvgIpc) is 3.29. The zero-order valence-electron chi connectivity index (χ0n) is 13.0. The van der Waals surface area contributed by atoms with E-state index in [0.29, 0.717) is 12.0 Å². The molecule has 1 aliphatic carbocycles. The molecule has 1 saturated carbocycles. The molecule has 0 aromatic rings. The van der Waals surface area contributed by atoms with Gasteiger partial charge in [0.05, 0.1) is 12.2 Å². The second-order valence-electron chi connectivity index (χ2n) is 6.24. The topological polar surface area (TPSA) is 48.3 Å². The number of hydrogen-bond acceptors (Lipinski definition) is 4. The van der Waals surface area contributed by atoms with Crippen molar-refractivity contribution in [3.05, 3.63) is 0 Å². The SMILES string of the molecule is CCCNC(C#N)(CN1CCCC(OCC)C1)C1CC1. The summed E-state index contributed by atoms with van der Waals surface area (Å²) >= 11 is 0. The van der Waals surface area contributed by atoms with Gasteiger partial charge in [0.2, 0.25) is 0 Å². The molecule has 4 heteroatoms. The fourth-order valence-corrected chi connectivity index (χ4v) is 3.30. The molecule has 0 spiro atoms. The molecule has 0 aromatic heterocycles. The quantitative estimate of drug-likeness (QED) is 0.739. The molecule has 0 bridgehead atoms. The first-order chi connectivity index (χ1) is 9.74. The molecule has 2 fully saturated rings. The van der Waals surface area contributed by atoms with Crippen LogP contribution in [0.4, 0.5) is 0 Å². The lowest BCUT2D eigenvalue weighted by Gasteiger charge is -2.38. The van der Waals surface area contributed by atoms with Crippen LogP contribution in [0.1, 0.15) is 46.0 Å². The van der Waals surface area contributed by atoms with Crippen molar-refractivity contribution in [2.45, 2.75) is 57.6 Å². The number of nitriles is 1. The highest BCUT2D eigenvalue weighted by atomic mass is 16.5. The van der Waals surface area contributed by atoms with E-state index in [1.807, 2.05) is 0 Å². The molecule has 1 N–H and O–H groups in total. The van der Waals surface area contributed by atoms with Gasteiger partial charge in [-0.3, -0.25) is 10.2 Å². The molecule has 20 heavy (non-hydrogen) atoms. The van der Waals surface area contributed by atoms with E-state index in [9.17, 15) is 5.26 Å². The molecule has 1 saturated heterocycles. The average molecular weight is 279 g/mol. The lowest BCUT2D eigenvalue weighted by Crippen LogP contribution is -2.56. The van der Waals surface area contributed by atoms with E-state index in [1.165, 1.54) is 19.3 Å². The third kappa shape index (κ3) is 3.94. The number of hydrogen-bond donors (Lipinski definition) is 1. The van der Waals surface area contributed by atoms with Crippen LogP contribution < -0.4 is 5.32 Å². The van der Waals surface area contributed by atoms with Gasteiger partial charge in [0.15, 0.2) is 0 Å². The molecule has 1 aliphatic heterocycles. The van der Waals surface area contributed by atoms with Crippen molar-refractivity contribution in [3.63, 3.8) is 0 Å². The molecule has 114 valence electrons.